The van der Waals surface area contributed by atoms with Gasteiger partial charge in [0.2, 0.25) is 0 Å². The van der Waals surface area contributed by atoms with Crippen LogP contribution in [0.15, 0.2) is 12.3 Å². The molecular weight excluding hydrogens is 104 g/mol. The Labute approximate surface area is 48.9 Å². The molecule has 0 aromatic rings. The zero-order valence-electron chi connectivity index (χ0n) is 4.64. The molecular formula is C6H8O2. The van der Waals surface area contributed by atoms with Gasteiger partial charge in [-0.2, -0.15) is 0 Å². The Bertz CT molecular complexity index is 110. The van der Waals surface area contributed by atoms with Gasteiger partial charge in [-0.05, 0) is 0 Å². The second-order valence-corrected chi connectivity index (χ2v) is 1.33. The fourth-order valence-electron chi connectivity index (χ4n) is 0.307. The Balaban J connectivity index is 3.23. The second kappa shape index (κ2) is 4.44. The Morgan fingerprint density at radius 2 is 2.50 bits per heavy atom. The van der Waals surface area contributed by atoms with Crippen LogP contribution in [0.4, 0.5) is 0 Å². The molecule has 0 rings (SSSR count). The number of rotatable bonds is 3. The molecule has 0 spiro atoms. The zero-order valence-corrected chi connectivity index (χ0v) is 4.64. The van der Waals surface area contributed by atoms with Crippen molar-refractivity contribution in [1.82, 2.24) is 0 Å². The van der Waals surface area contributed by atoms with Crippen LogP contribution in [0, 0.1) is 13.3 Å². The number of hydrogen-bond donors (Lipinski definition) is 0. The van der Waals surface area contributed by atoms with Crippen LogP contribution in [-0.2, 0) is 9.39 Å². The van der Waals surface area contributed by atoms with E-state index in [1.165, 1.54) is 6.33 Å². The van der Waals surface area contributed by atoms with Crippen molar-refractivity contribution in [2.24, 2.45) is 0 Å². The first-order chi connectivity index (χ1) is 3.81. The SMILES string of the molecule is C=C(CC[CH2-])OC#[O+]. The third-order valence-corrected chi connectivity index (χ3v) is 0.642. The average molecular weight is 112 g/mol. The molecule has 0 aromatic heterocycles. The standard InChI is InChI=1S/C6H8O2/c1-3-4-6(2)8-5-7/h1-4H2. The van der Waals surface area contributed by atoms with Crippen LogP contribution in [0.5, 0.6) is 0 Å². The Morgan fingerprint density at radius 3 is 2.88 bits per heavy atom. The first-order valence-corrected chi connectivity index (χ1v) is 2.32. The van der Waals surface area contributed by atoms with E-state index >= 15 is 0 Å². The fourth-order valence-corrected chi connectivity index (χ4v) is 0.307. The molecule has 0 radical (unpaired) electrons. The van der Waals surface area contributed by atoms with Crippen molar-refractivity contribution in [2.75, 3.05) is 0 Å². The topological polar surface area (TPSA) is 29.1 Å². The third-order valence-electron chi connectivity index (χ3n) is 0.642. The van der Waals surface area contributed by atoms with E-state index < -0.39 is 0 Å². The maximum atomic E-state index is 9.46. The van der Waals surface area contributed by atoms with Crippen LogP contribution in [-0.4, -0.2) is 0 Å². The summed E-state index contributed by atoms with van der Waals surface area (Å²) in [5.74, 6) is 0.426. The van der Waals surface area contributed by atoms with Gasteiger partial charge >= 0.3 is 47.8 Å². The summed E-state index contributed by atoms with van der Waals surface area (Å²) in [5, 5.41) is 0. The summed E-state index contributed by atoms with van der Waals surface area (Å²) in [5.41, 5.74) is 0. The number of allylic oxidation sites excluding steroid dienone is 1. The molecule has 0 atom stereocenters. The fraction of sp³-hybridized carbons (Fsp3) is 0.333. The third kappa shape index (κ3) is 3.47. The van der Waals surface area contributed by atoms with Gasteiger partial charge in [-0.15, -0.1) is 0 Å². The van der Waals surface area contributed by atoms with Crippen molar-refractivity contribution in [1.29, 1.82) is 0 Å². The van der Waals surface area contributed by atoms with E-state index in [9.17, 15) is 4.65 Å². The number of ether oxygens (including phenoxy) is 1. The van der Waals surface area contributed by atoms with Crippen LogP contribution in [0.25, 0.3) is 0 Å². The van der Waals surface area contributed by atoms with Gasteiger partial charge in [-0.3, -0.25) is 0 Å². The average Bonchev–Trinajstić information content (AvgIpc) is 1.68. The van der Waals surface area contributed by atoms with Gasteiger partial charge in [-0.25, -0.2) is 0 Å². The minimum absolute atomic E-state index is 0.426. The van der Waals surface area contributed by atoms with Gasteiger partial charge in [0.15, 0.2) is 0 Å². The van der Waals surface area contributed by atoms with E-state index in [0.717, 1.165) is 0 Å². The molecule has 0 N–H and O–H groups in total. The molecule has 2 nitrogen and oxygen atoms in total. The van der Waals surface area contributed by atoms with Crippen LogP contribution < -0.4 is 0 Å². The monoisotopic (exact) mass is 112 g/mol. The molecule has 0 saturated carbocycles. The predicted octanol–water partition coefficient (Wildman–Crippen LogP) is 1.48. The van der Waals surface area contributed by atoms with Crippen molar-refractivity contribution in [3.05, 3.63) is 19.3 Å². The van der Waals surface area contributed by atoms with Crippen LogP contribution in [0.3, 0.4) is 0 Å². The van der Waals surface area contributed by atoms with Gasteiger partial charge in [0, 0.05) is 0 Å². The van der Waals surface area contributed by atoms with E-state index in [-0.39, 0.29) is 0 Å². The summed E-state index contributed by atoms with van der Waals surface area (Å²) in [6.07, 6.45) is 2.59. The summed E-state index contributed by atoms with van der Waals surface area (Å²) in [6, 6.07) is 0. The molecule has 0 aliphatic carbocycles. The summed E-state index contributed by atoms with van der Waals surface area (Å²) < 4.78 is 13.7. The van der Waals surface area contributed by atoms with Crippen molar-refractivity contribution >= 4 is 0 Å². The van der Waals surface area contributed by atoms with Crippen LogP contribution in [0.1, 0.15) is 12.8 Å². The van der Waals surface area contributed by atoms with Crippen molar-refractivity contribution in [3.63, 3.8) is 0 Å². The zero-order chi connectivity index (χ0) is 6.41. The molecule has 0 aliphatic rings. The molecule has 0 heterocycles. The second-order valence-electron chi connectivity index (χ2n) is 1.33. The van der Waals surface area contributed by atoms with Crippen molar-refractivity contribution in [2.45, 2.75) is 12.8 Å². The Kier molecular flexibility index (Phi) is 4.04. The van der Waals surface area contributed by atoms with E-state index in [1.54, 1.807) is 0 Å². The van der Waals surface area contributed by atoms with Gasteiger partial charge in [-0.1, -0.05) is 0 Å². The summed E-state index contributed by atoms with van der Waals surface area (Å²) >= 11 is 0. The first kappa shape index (κ1) is 7.28. The van der Waals surface area contributed by atoms with E-state index in [2.05, 4.69) is 18.2 Å². The molecule has 44 valence electrons. The Morgan fingerprint density at radius 1 is 1.88 bits per heavy atom. The minimum atomic E-state index is 0.426. The first-order valence-electron chi connectivity index (χ1n) is 2.32. The van der Waals surface area contributed by atoms with Crippen molar-refractivity contribution in [3.8, 4) is 6.33 Å². The van der Waals surface area contributed by atoms with Gasteiger partial charge in [0.1, 0.15) is 0 Å². The van der Waals surface area contributed by atoms with Gasteiger partial charge < -0.3 is 0 Å². The molecule has 0 fully saturated rings. The van der Waals surface area contributed by atoms with E-state index in [4.69, 9.17) is 0 Å². The molecule has 0 unspecified atom stereocenters. The van der Waals surface area contributed by atoms with E-state index in [0.29, 0.717) is 18.6 Å². The summed E-state index contributed by atoms with van der Waals surface area (Å²) in [6.45, 7) is 6.95. The molecule has 0 saturated heterocycles. The normalized spacial score (nSPS) is 7.50. The molecule has 2 heteroatoms. The molecule has 8 heavy (non-hydrogen) atoms. The quantitative estimate of drug-likeness (QED) is 0.309. The van der Waals surface area contributed by atoms with Gasteiger partial charge in [0.25, 0.3) is 0 Å². The Hall–Kier alpha value is -0.720. The predicted molar refractivity (Wildman–Crippen MR) is 29.4 cm³/mol. The molecule has 0 bridgehead atoms. The molecule has 0 amide bonds. The maximum absolute atomic E-state index is 9.46. The number of hydrogen-bond acceptors (Lipinski definition) is 1. The van der Waals surface area contributed by atoms with Crippen molar-refractivity contribution < 1.29 is 9.39 Å². The van der Waals surface area contributed by atoms with Gasteiger partial charge in [0.05, 0.1) is 0 Å². The molecule has 0 aliphatic heterocycles. The van der Waals surface area contributed by atoms with E-state index in [1.807, 2.05) is 0 Å². The molecule has 0 aromatic carbocycles. The van der Waals surface area contributed by atoms with Crippen LogP contribution in [0.2, 0.25) is 0 Å². The summed E-state index contributed by atoms with van der Waals surface area (Å²) in [7, 11) is 0. The van der Waals surface area contributed by atoms with Crippen LogP contribution >= 0.6 is 0 Å². The summed E-state index contributed by atoms with van der Waals surface area (Å²) in [4.78, 5) is 0.